The summed E-state index contributed by atoms with van der Waals surface area (Å²) in [5.74, 6) is 1.59. The van der Waals surface area contributed by atoms with Crippen molar-refractivity contribution in [1.82, 2.24) is 0 Å². The van der Waals surface area contributed by atoms with Crippen LogP contribution in [0.3, 0.4) is 0 Å². The molecule has 1 amide bonds. The van der Waals surface area contributed by atoms with Gasteiger partial charge in [-0.15, -0.1) is 0 Å². The molecule has 2 unspecified atom stereocenters. The van der Waals surface area contributed by atoms with Crippen LogP contribution >= 0.6 is 0 Å². The van der Waals surface area contributed by atoms with Crippen molar-refractivity contribution in [1.29, 1.82) is 0 Å². The van der Waals surface area contributed by atoms with Gasteiger partial charge in [0.2, 0.25) is 5.91 Å². The number of nitrogens with one attached hydrogen (secondary N) is 1. The highest BCUT2D eigenvalue weighted by Crippen LogP contribution is 2.66. The summed E-state index contributed by atoms with van der Waals surface area (Å²) in [5.41, 5.74) is 8.98. The van der Waals surface area contributed by atoms with E-state index >= 15 is 0 Å². The molecule has 4 bridgehead atoms. The van der Waals surface area contributed by atoms with Crippen LogP contribution in [0, 0.1) is 17.3 Å². The fourth-order valence-electron chi connectivity index (χ4n) is 6.49. The highest BCUT2D eigenvalue weighted by atomic mass is 16.2. The average molecular weight is 346 g/mol. The van der Waals surface area contributed by atoms with Gasteiger partial charge in [0.15, 0.2) is 0 Å². The minimum atomic E-state index is -0.207. The van der Waals surface area contributed by atoms with Crippen molar-refractivity contribution in [3.05, 3.63) is 60.2 Å². The highest BCUT2D eigenvalue weighted by molar-refractivity contribution is 5.95. The van der Waals surface area contributed by atoms with Crippen LogP contribution in [0.25, 0.3) is 0 Å². The quantitative estimate of drug-likeness (QED) is 0.788. The molecule has 2 atom stereocenters. The first-order valence-electron chi connectivity index (χ1n) is 9.80. The summed E-state index contributed by atoms with van der Waals surface area (Å²) in [6.45, 7) is 0. The number of carbonyl (C=O) groups is 1. The zero-order chi connectivity index (χ0) is 17.8. The van der Waals surface area contributed by atoms with Crippen LogP contribution in [0.1, 0.15) is 44.1 Å². The second-order valence-corrected chi connectivity index (χ2v) is 8.96. The number of hydrogen-bond acceptors (Lipinski definition) is 2. The minimum Gasteiger partial charge on any atom is -0.399 e. The molecule has 6 rings (SSSR count). The third-order valence-electron chi connectivity index (χ3n) is 7.10. The lowest BCUT2D eigenvalue weighted by Crippen LogP contribution is -2.57. The first kappa shape index (κ1) is 15.9. The van der Waals surface area contributed by atoms with Gasteiger partial charge in [0.1, 0.15) is 0 Å². The van der Waals surface area contributed by atoms with E-state index in [0.717, 1.165) is 30.6 Å². The summed E-state index contributed by atoms with van der Waals surface area (Å²) in [7, 11) is 0. The molecule has 26 heavy (non-hydrogen) atoms. The summed E-state index contributed by atoms with van der Waals surface area (Å²) < 4.78 is 0. The van der Waals surface area contributed by atoms with Crippen LogP contribution < -0.4 is 11.1 Å². The molecule has 4 aliphatic rings. The zero-order valence-corrected chi connectivity index (χ0v) is 15.1. The van der Waals surface area contributed by atoms with Crippen molar-refractivity contribution >= 4 is 17.3 Å². The molecule has 0 aromatic heterocycles. The molecule has 4 fully saturated rings. The molecule has 0 spiro atoms. The predicted octanol–water partition coefficient (Wildman–Crippen LogP) is 4.75. The normalized spacial score (nSPS) is 34.6. The first-order chi connectivity index (χ1) is 12.6. The number of amides is 1. The number of nitrogen functional groups attached to an aromatic ring is 1. The van der Waals surface area contributed by atoms with Crippen molar-refractivity contribution in [2.75, 3.05) is 11.1 Å². The monoisotopic (exact) mass is 346 g/mol. The molecular formula is C23H26N2O. The Balaban J connectivity index is 1.48. The van der Waals surface area contributed by atoms with Gasteiger partial charge >= 0.3 is 0 Å². The lowest BCUT2D eigenvalue weighted by Gasteiger charge is -2.61. The Morgan fingerprint density at radius 1 is 0.923 bits per heavy atom. The van der Waals surface area contributed by atoms with E-state index in [9.17, 15) is 4.79 Å². The highest BCUT2D eigenvalue weighted by Gasteiger charge is 2.60. The third-order valence-corrected chi connectivity index (χ3v) is 7.10. The molecule has 4 aliphatic carbocycles. The Kier molecular flexibility index (Phi) is 3.43. The Bertz CT molecular complexity index is 813. The van der Waals surface area contributed by atoms with Crippen LogP contribution in [0.2, 0.25) is 0 Å². The van der Waals surface area contributed by atoms with E-state index in [1.165, 1.54) is 24.8 Å². The van der Waals surface area contributed by atoms with Gasteiger partial charge in [-0.1, -0.05) is 30.3 Å². The summed E-state index contributed by atoms with van der Waals surface area (Å²) in [5, 5.41) is 3.22. The van der Waals surface area contributed by atoms with E-state index in [2.05, 4.69) is 17.4 Å². The summed E-state index contributed by atoms with van der Waals surface area (Å²) >= 11 is 0. The van der Waals surface area contributed by atoms with Crippen LogP contribution in [-0.4, -0.2) is 5.91 Å². The molecule has 0 aliphatic heterocycles. The van der Waals surface area contributed by atoms with Gasteiger partial charge in [-0.3, -0.25) is 4.79 Å². The maximum Gasteiger partial charge on any atom is 0.230 e. The van der Waals surface area contributed by atoms with Crippen molar-refractivity contribution in [3.63, 3.8) is 0 Å². The van der Waals surface area contributed by atoms with Gasteiger partial charge in [0, 0.05) is 11.4 Å². The summed E-state index contributed by atoms with van der Waals surface area (Å²) in [6, 6.07) is 18.3. The molecule has 2 aromatic carbocycles. The van der Waals surface area contributed by atoms with E-state index in [4.69, 9.17) is 5.73 Å². The number of carbonyl (C=O) groups excluding carboxylic acids is 1. The van der Waals surface area contributed by atoms with Crippen LogP contribution in [0.5, 0.6) is 0 Å². The van der Waals surface area contributed by atoms with Crippen LogP contribution in [-0.2, 0) is 10.2 Å². The zero-order valence-electron chi connectivity index (χ0n) is 15.1. The smallest absolute Gasteiger partial charge is 0.230 e. The Morgan fingerprint density at radius 2 is 1.58 bits per heavy atom. The van der Waals surface area contributed by atoms with Gasteiger partial charge in [-0.2, -0.15) is 0 Å². The first-order valence-corrected chi connectivity index (χ1v) is 9.80. The topological polar surface area (TPSA) is 55.1 Å². The molecule has 3 N–H and O–H groups in total. The van der Waals surface area contributed by atoms with E-state index in [0.29, 0.717) is 11.8 Å². The fourth-order valence-corrected chi connectivity index (χ4v) is 6.49. The Hall–Kier alpha value is -2.29. The lowest BCUT2D eigenvalue weighted by atomic mass is 9.42. The number of nitrogens with two attached hydrogens (primary N) is 1. The lowest BCUT2D eigenvalue weighted by molar-refractivity contribution is -0.143. The maximum absolute atomic E-state index is 13.4. The largest absolute Gasteiger partial charge is 0.399 e. The van der Waals surface area contributed by atoms with Gasteiger partial charge < -0.3 is 11.1 Å². The van der Waals surface area contributed by atoms with Crippen molar-refractivity contribution in [2.45, 2.75) is 43.9 Å². The number of para-hydroxylation sites is 1. The molecule has 0 heterocycles. The van der Waals surface area contributed by atoms with Gasteiger partial charge in [-0.05, 0) is 85.6 Å². The second-order valence-electron chi connectivity index (χ2n) is 8.96. The molecule has 134 valence electrons. The molecule has 2 aromatic rings. The number of hydrogen-bond donors (Lipinski definition) is 2. The number of rotatable bonds is 3. The molecule has 3 nitrogen and oxygen atoms in total. The molecule has 0 saturated heterocycles. The standard InChI is InChI=1S/C23H26N2O/c24-19-8-6-18(7-9-19)22-11-16-10-17(12-22)14-23(13-16,15-22)21(26)25-20-4-2-1-3-5-20/h1-9,16-17H,10-15,24H2,(H,25,26). The van der Waals surface area contributed by atoms with Crippen LogP contribution in [0.4, 0.5) is 11.4 Å². The van der Waals surface area contributed by atoms with E-state index in [1.54, 1.807) is 0 Å². The van der Waals surface area contributed by atoms with Crippen molar-refractivity contribution in [2.24, 2.45) is 17.3 Å². The summed E-state index contributed by atoms with van der Waals surface area (Å²) in [4.78, 5) is 13.4. The Labute approximate surface area is 155 Å². The van der Waals surface area contributed by atoms with E-state index in [1.807, 2.05) is 42.5 Å². The third kappa shape index (κ3) is 2.45. The molecule has 0 radical (unpaired) electrons. The van der Waals surface area contributed by atoms with E-state index < -0.39 is 0 Å². The molecule has 4 saturated carbocycles. The average Bonchev–Trinajstić information content (AvgIpc) is 2.62. The maximum atomic E-state index is 13.4. The fraction of sp³-hybridized carbons (Fsp3) is 0.435. The van der Waals surface area contributed by atoms with Crippen molar-refractivity contribution in [3.8, 4) is 0 Å². The van der Waals surface area contributed by atoms with Gasteiger partial charge in [0.25, 0.3) is 0 Å². The second kappa shape index (κ2) is 5.60. The van der Waals surface area contributed by atoms with E-state index in [-0.39, 0.29) is 16.7 Å². The van der Waals surface area contributed by atoms with Gasteiger partial charge in [-0.25, -0.2) is 0 Å². The number of benzene rings is 2. The van der Waals surface area contributed by atoms with Gasteiger partial charge in [0.05, 0.1) is 5.41 Å². The molecule has 3 heteroatoms. The van der Waals surface area contributed by atoms with Crippen LogP contribution in [0.15, 0.2) is 54.6 Å². The predicted molar refractivity (Wildman–Crippen MR) is 105 cm³/mol. The minimum absolute atomic E-state index is 0.159. The number of anilines is 2. The molecular weight excluding hydrogens is 320 g/mol. The Morgan fingerprint density at radius 3 is 2.23 bits per heavy atom. The van der Waals surface area contributed by atoms with Crippen molar-refractivity contribution < 1.29 is 4.79 Å². The SMILES string of the molecule is Nc1ccc(C23CC4CC(CC(C(=O)Nc5ccccc5)(C4)C2)C3)cc1. The summed E-state index contributed by atoms with van der Waals surface area (Å²) in [6.07, 6.45) is 6.85.